The minimum Gasteiger partial charge on any atom is -0.512 e. The first kappa shape index (κ1) is 10.6. The predicted octanol–water partition coefficient (Wildman–Crippen LogP) is 2.40. The summed E-state index contributed by atoms with van der Waals surface area (Å²) in [7, 11) is -1.78. The molecule has 0 saturated heterocycles. The Morgan fingerprint density at radius 2 is 1.71 bits per heavy atom. The van der Waals surface area contributed by atoms with Crippen molar-refractivity contribution in [2.45, 2.75) is 0 Å². The number of hydrogen-bond donors (Lipinski definition) is 2. The quantitative estimate of drug-likeness (QED) is 0.680. The lowest BCUT2D eigenvalue weighted by atomic mass is 10.1. The van der Waals surface area contributed by atoms with E-state index >= 15 is 0 Å². The standard InChI is InChI=1S/C12H9BO3S/c14-13(15)16-8-5-6-10-9-3-1-2-4-11(9)17-12(10)7-8/h1-7,14-15H. The zero-order chi connectivity index (χ0) is 11.8. The van der Waals surface area contributed by atoms with Gasteiger partial charge in [0.2, 0.25) is 0 Å². The fraction of sp³-hybridized carbons (Fsp3) is 0. The van der Waals surface area contributed by atoms with E-state index < -0.39 is 7.32 Å². The molecule has 3 aromatic rings. The normalized spacial score (nSPS) is 10.9. The SMILES string of the molecule is OB(O)Oc1ccc2c(c1)sc1ccccc12. The Balaban J connectivity index is 2.20. The molecule has 17 heavy (non-hydrogen) atoms. The maximum Gasteiger partial charge on any atom is 0.707 e. The third kappa shape index (κ3) is 1.89. The fourth-order valence-electron chi connectivity index (χ4n) is 1.90. The van der Waals surface area contributed by atoms with Crippen molar-refractivity contribution in [3.8, 4) is 5.75 Å². The molecule has 0 spiro atoms. The monoisotopic (exact) mass is 244 g/mol. The van der Waals surface area contributed by atoms with Crippen molar-refractivity contribution >= 4 is 38.8 Å². The molecular weight excluding hydrogens is 235 g/mol. The summed E-state index contributed by atoms with van der Waals surface area (Å²) < 4.78 is 7.12. The molecule has 3 nitrogen and oxygen atoms in total. The number of hydrogen-bond acceptors (Lipinski definition) is 4. The highest BCUT2D eigenvalue weighted by Gasteiger charge is 2.12. The average Bonchev–Trinajstić information content (AvgIpc) is 2.65. The molecule has 0 bridgehead atoms. The first-order valence-electron chi connectivity index (χ1n) is 5.18. The smallest absolute Gasteiger partial charge is 0.512 e. The first-order chi connectivity index (χ1) is 8.24. The number of rotatable bonds is 2. The van der Waals surface area contributed by atoms with Crippen LogP contribution in [0.15, 0.2) is 42.5 Å². The zero-order valence-corrected chi connectivity index (χ0v) is 9.65. The summed E-state index contributed by atoms with van der Waals surface area (Å²) in [6.07, 6.45) is 0. The topological polar surface area (TPSA) is 49.7 Å². The van der Waals surface area contributed by atoms with Crippen molar-refractivity contribution in [1.29, 1.82) is 0 Å². The third-order valence-electron chi connectivity index (χ3n) is 2.59. The number of thiophene rings is 1. The van der Waals surface area contributed by atoms with Gasteiger partial charge in [0, 0.05) is 20.2 Å². The maximum absolute atomic E-state index is 8.75. The van der Waals surface area contributed by atoms with E-state index in [-0.39, 0.29) is 0 Å². The van der Waals surface area contributed by atoms with Crippen molar-refractivity contribution in [2.75, 3.05) is 0 Å². The molecule has 0 unspecified atom stereocenters. The van der Waals surface area contributed by atoms with E-state index in [1.54, 1.807) is 17.4 Å². The molecule has 0 amide bonds. The van der Waals surface area contributed by atoms with E-state index in [1.165, 1.54) is 10.1 Å². The van der Waals surface area contributed by atoms with E-state index in [9.17, 15) is 0 Å². The van der Waals surface area contributed by atoms with Gasteiger partial charge in [-0.3, -0.25) is 0 Å². The van der Waals surface area contributed by atoms with Gasteiger partial charge in [0.15, 0.2) is 0 Å². The predicted molar refractivity (Wildman–Crippen MR) is 70.2 cm³/mol. The lowest BCUT2D eigenvalue weighted by Crippen LogP contribution is -2.20. The van der Waals surface area contributed by atoms with Gasteiger partial charge >= 0.3 is 7.32 Å². The van der Waals surface area contributed by atoms with E-state index in [2.05, 4.69) is 12.1 Å². The van der Waals surface area contributed by atoms with E-state index in [0.717, 1.165) is 10.1 Å². The minimum absolute atomic E-state index is 0.457. The number of fused-ring (bicyclic) bond motifs is 3. The van der Waals surface area contributed by atoms with Crippen LogP contribution in [0.25, 0.3) is 20.2 Å². The molecule has 1 heterocycles. The summed E-state index contributed by atoms with van der Waals surface area (Å²) in [6, 6.07) is 13.7. The highest BCUT2D eigenvalue weighted by atomic mass is 32.1. The van der Waals surface area contributed by atoms with Gasteiger partial charge in [0.25, 0.3) is 0 Å². The van der Waals surface area contributed by atoms with Crippen LogP contribution in [0, 0.1) is 0 Å². The van der Waals surface area contributed by atoms with Crippen LogP contribution in [-0.4, -0.2) is 17.4 Å². The fourth-order valence-corrected chi connectivity index (χ4v) is 3.04. The minimum atomic E-state index is -1.78. The first-order valence-corrected chi connectivity index (χ1v) is 6.00. The second kappa shape index (κ2) is 4.03. The van der Waals surface area contributed by atoms with Gasteiger partial charge in [-0.2, -0.15) is 0 Å². The van der Waals surface area contributed by atoms with Crippen LogP contribution in [-0.2, 0) is 0 Å². The summed E-state index contributed by atoms with van der Waals surface area (Å²) in [6.45, 7) is 0. The molecule has 2 N–H and O–H groups in total. The molecule has 0 radical (unpaired) electrons. The van der Waals surface area contributed by atoms with Crippen molar-refractivity contribution < 1.29 is 14.7 Å². The van der Waals surface area contributed by atoms with Gasteiger partial charge in [-0.25, -0.2) is 0 Å². The molecule has 5 heteroatoms. The highest BCUT2D eigenvalue weighted by Crippen LogP contribution is 2.35. The second-order valence-corrected chi connectivity index (χ2v) is 4.78. The Morgan fingerprint density at radius 3 is 2.53 bits per heavy atom. The summed E-state index contributed by atoms with van der Waals surface area (Å²) in [5, 5.41) is 19.9. The Kier molecular flexibility index (Phi) is 2.51. The third-order valence-corrected chi connectivity index (χ3v) is 3.73. The van der Waals surface area contributed by atoms with Gasteiger partial charge < -0.3 is 14.7 Å². The zero-order valence-electron chi connectivity index (χ0n) is 8.83. The molecule has 3 rings (SSSR count). The summed E-state index contributed by atoms with van der Waals surface area (Å²) >= 11 is 1.66. The van der Waals surface area contributed by atoms with Crippen LogP contribution in [0.2, 0.25) is 0 Å². The van der Waals surface area contributed by atoms with Gasteiger partial charge in [-0.05, 0) is 24.3 Å². The highest BCUT2D eigenvalue weighted by molar-refractivity contribution is 7.25. The molecule has 0 fully saturated rings. The Morgan fingerprint density at radius 1 is 0.941 bits per heavy atom. The van der Waals surface area contributed by atoms with E-state index in [1.807, 2.05) is 24.3 Å². The van der Waals surface area contributed by atoms with Gasteiger partial charge in [0.05, 0.1) is 0 Å². The molecular formula is C12H9BO3S. The second-order valence-electron chi connectivity index (χ2n) is 3.70. The Hall–Kier alpha value is -1.56. The van der Waals surface area contributed by atoms with Gasteiger partial charge in [0.1, 0.15) is 5.75 Å². The largest absolute Gasteiger partial charge is 0.707 e. The molecule has 1 aromatic heterocycles. The molecule has 0 aliphatic heterocycles. The lowest BCUT2D eigenvalue weighted by molar-refractivity contribution is 0.288. The molecule has 0 atom stereocenters. The Labute approximate surface area is 102 Å². The van der Waals surface area contributed by atoms with Crippen LogP contribution in [0.5, 0.6) is 5.75 Å². The van der Waals surface area contributed by atoms with Crippen LogP contribution in [0.4, 0.5) is 0 Å². The average molecular weight is 244 g/mol. The maximum atomic E-state index is 8.75. The van der Waals surface area contributed by atoms with Crippen LogP contribution >= 0.6 is 11.3 Å². The van der Waals surface area contributed by atoms with Crippen molar-refractivity contribution in [1.82, 2.24) is 0 Å². The van der Waals surface area contributed by atoms with Crippen LogP contribution < -0.4 is 4.65 Å². The summed E-state index contributed by atoms with van der Waals surface area (Å²) in [4.78, 5) is 0. The van der Waals surface area contributed by atoms with E-state index in [0.29, 0.717) is 5.75 Å². The molecule has 84 valence electrons. The molecule has 0 aliphatic carbocycles. The summed E-state index contributed by atoms with van der Waals surface area (Å²) in [5.74, 6) is 0.457. The lowest BCUT2D eigenvalue weighted by Gasteiger charge is -2.03. The summed E-state index contributed by atoms with van der Waals surface area (Å²) in [5.41, 5.74) is 0. The number of benzene rings is 2. The van der Waals surface area contributed by atoms with Gasteiger partial charge in [-0.15, -0.1) is 11.3 Å². The molecule has 2 aromatic carbocycles. The molecule has 0 aliphatic rings. The van der Waals surface area contributed by atoms with Gasteiger partial charge in [-0.1, -0.05) is 18.2 Å². The Bertz CT molecular complexity index is 678. The van der Waals surface area contributed by atoms with Crippen LogP contribution in [0.1, 0.15) is 0 Å². The molecule has 0 saturated carbocycles. The van der Waals surface area contributed by atoms with Crippen molar-refractivity contribution in [3.63, 3.8) is 0 Å². The van der Waals surface area contributed by atoms with E-state index in [4.69, 9.17) is 14.7 Å². The van der Waals surface area contributed by atoms with Crippen LogP contribution in [0.3, 0.4) is 0 Å². The van der Waals surface area contributed by atoms with Crippen molar-refractivity contribution in [2.24, 2.45) is 0 Å². The van der Waals surface area contributed by atoms with Crippen molar-refractivity contribution in [3.05, 3.63) is 42.5 Å².